The molecule has 1 fully saturated rings. The largest absolute Gasteiger partial charge is 0.454 e. The van der Waals surface area contributed by atoms with Gasteiger partial charge in [-0.05, 0) is 36.8 Å². The minimum Gasteiger partial charge on any atom is -0.454 e. The van der Waals surface area contributed by atoms with E-state index in [2.05, 4.69) is 6.07 Å². The van der Waals surface area contributed by atoms with E-state index in [-0.39, 0.29) is 18.3 Å². The number of nitriles is 1. The SMILES string of the molecule is COC[C@@]1(C#N)[C@H](c2ccc3c(c2)OCO3)[C@@H]1S(=O)(=O)c1ccc(C)cc1. The molecule has 6 nitrogen and oxygen atoms in total. The molecule has 2 aliphatic rings. The van der Waals surface area contributed by atoms with Crippen molar-refractivity contribution in [3.8, 4) is 17.6 Å². The Morgan fingerprint density at radius 2 is 1.89 bits per heavy atom. The second-order valence-corrected chi connectivity index (χ2v) is 9.02. The number of nitrogens with zero attached hydrogens (tertiary/aromatic N) is 1. The normalized spacial score (nSPS) is 25.8. The van der Waals surface area contributed by atoms with E-state index in [4.69, 9.17) is 14.2 Å². The van der Waals surface area contributed by atoms with Crippen LogP contribution in [-0.4, -0.2) is 34.2 Å². The number of hydrogen-bond acceptors (Lipinski definition) is 6. The van der Waals surface area contributed by atoms with Crippen LogP contribution in [0.3, 0.4) is 0 Å². The molecule has 0 radical (unpaired) electrons. The van der Waals surface area contributed by atoms with Crippen molar-refractivity contribution in [1.29, 1.82) is 5.26 Å². The van der Waals surface area contributed by atoms with Crippen LogP contribution in [0.1, 0.15) is 17.0 Å². The topological polar surface area (TPSA) is 85.6 Å². The fourth-order valence-electron chi connectivity index (χ4n) is 3.89. The van der Waals surface area contributed by atoms with E-state index in [1.807, 2.05) is 6.92 Å². The highest BCUT2D eigenvalue weighted by molar-refractivity contribution is 7.92. The molecule has 27 heavy (non-hydrogen) atoms. The van der Waals surface area contributed by atoms with Gasteiger partial charge in [-0.3, -0.25) is 0 Å². The molecule has 2 aromatic rings. The molecular formula is C20H19NO5S. The summed E-state index contributed by atoms with van der Waals surface area (Å²) in [7, 11) is -2.23. The zero-order chi connectivity index (χ0) is 19.2. The molecule has 0 spiro atoms. The van der Waals surface area contributed by atoms with Crippen molar-refractivity contribution >= 4 is 9.84 Å². The highest BCUT2D eigenvalue weighted by atomic mass is 32.2. The number of sulfone groups is 1. The zero-order valence-electron chi connectivity index (χ0n) is 15.0. The lowest BCUT2D eigenvalue weighted by Gasteiger charge is -2.08. The first-order valence-corrected chi connectivity index (χ1v) is 10.1. The maximum atomic E-state index is 13.3. The van der Waals surface area contributed by atoms with E-state index in [0.717, 1.165) is 11.1 Å². The van der Waals surface area contributed by atoms with Gasteiger partial charge in [0.05, 0.1) is 22.8 Å². The molecule has 1 aliphatic heterocycles. The second-order valence-electron chi connectivity index (χ2n) is 6.95. The van der Waals surface area contributed by atoms with Crippen LogP contribution in [0.2, 0.25) is 0 Å². The lowest BCUT2D eigenvalue weighted by Crippen LogP contribution is -2.19. The summed E-state index contributed by atoms with van der Waals surface area (Å²) in [6.45, 7) is 2.07. The molecule has 3 atom stereocenters. The Hall–Kier alpha value is -2.56. The summed E-state index contributed by atoms with van der Waals surface area (Å²) < 4.78 is 42.6. The molecular weight excluding hydrogens is 366 g/mol. The highest BCUT2D eigenvalue weighted by Gasteiger charge is 2.72. The third-order valence-corrected chi connectivity index (χ3v) is 7.58. The second kappa shape index (κ2) is 6.25. The summed E-state index contributed by atoms with van der Waals surface area (Å²) in [5.41, 5.74) is 0.575. The van der Waals surface area contributed by atoms with Crippen molar-refractivity contribution < 1.29 is 22.6 Å². The van der Waals surface area contributed by atoms with E-state index in [0.29, 0.717) is 11.5 Å². The fourth-order valence-corrected chi connectivity index (χ4v) is 6.20. The molecule has 7 heteroatoms. The average Bonchev–Trinajstić information content (AvgIpc) is 3.10. The maximum Gasteiger partial charge on any atom is 0.231 e. The number of rotatable bonds is 5. The van der Waals surface area contributed by atoms with Crippen LogP contribution in [0.4, 0.5) is 0 Å². The van der Waals surface area contributed by atoms with Gasteiger partial charge in [-0.15, -0.1) is 0 Å². The average molecular weight is 385 g/mol. The van der Waals surface area contributed by atoms with Crippen molar-refractivity contribution in [2.45, 2.75) is 23.0 Å². The van der Waals surface area contributed by atoms with E-state index in [1.54, 1.807) is 42.5 Å². The number of aryl methyl sites for hydroxylation is 1. The minimum atomic E-state index is -3.71. The van der Waals surface area contributed by atoms with Crippen molar-refractivity contribution in [2.24, 2.45) is 5.41 Å². The maximum absolute atomic E-state index is 13.3. The van der Waals surface area contributed by atoms with Gasteiger partial charge in [-0.2, -0.15) is 5.26 Å². The van der Waals surface area contributed by atoms with E-state index >= 15 is 0 Å². The predicted molar refractivity (Wildman–Crippen MR) is 97.4 cm³/mol. The summed E-state index contributed by atoms with van der Waals surface area (Å²) in [6, 6.07) is 14.2. The van der Waals surface area contributed by atoms with Gasteiger partial charge < -0.3 is 14.2 Å². The summed E-state index contributed by atoms with van der Waals surface area (Å²) in [5.74, 6) is 0.685. The van der Waals surface area contributed by atoms with Crippen LogP contribution < -0.4 is 9.47 Å². The molecule has 140 valence electrons. The highest BCUT2D eigenvalue weighted by Crippen LogP contribution is 2.64. The molecule has 1 heterocycles. The van der Waals surface area contributed by atoms with E-state index < -0.39 is 26.4 Å². The predicted octanol–water partition coefficient (Wildman–Crippen LogP) is 2.82. The summed E-state index contributed by atoms with van der Waals surface area (Å²) in [5, 5.41) is 9.01. The number of hydrogen-bond donors (Lipinski definition) is 0. The van der Waals surface area contributed by atoms with Crippen LogP contribution in [-0.2, 0) is 14.6 Å². The Morgan fingerprint density at radius 1 is 1.19 bits per heavy atom. The van der Waals surface area contributed by atoms with Gasteiger partial charge in [0.15, 0.2) is 21.3 Å². The first kappa shape index (κ1) is 17.8. The molecule has 0 aromatic heterocycles. The Bertz CT molecular complexity index is 1030. The standard InChI is InChI=1S/C20H19NO5S/c1-13-3-6-15(7-4-13)27(22,23)19-18(20(19,10-21)11-24-2)14-5-8-16-17(9-14)26-12-25-16/h3-9,18-19H,11-12H2,1-2H3/t18-,19+,20+/m1/s1. The third-order valence-electron chi connectivity index (χ3n) is 5.29. The molecule has 2 aromatic carbocycles. The lowest BCUT2D eigenvalue weighted by molar-refractivity contribution is 0.162. The fraction of sp³-hybridized carbons (Fsp3) is 0.350. The first-order chi connectivity index (χ1) is 12.9. The number of ether oxygens (including phenoxy) is 3. The van der Waals surface area contributed by atoms with Gasteiger partial charge in [0.25, 0.3) is 0 Å². The number of methoxy groups -OCH3 is 1. The van der Waals surface area contributed by atoms with Crippen LogP contribution in [0.15, 0.2) is 47.4 Å². The summed E-state index contributed by atoms with van der Waals surface area (Å²) in [4.78, 5) is 0.220. The van der Waals surface area contributed by atoms with Crippen LogP contribution >= 0.6 is 0 Å². The summed E-state index contributed by atoms with van der Waals surface area (Å²) in [6.07, 6.45) is 0. The minimum absolute atomic E-state index is 0.0400. The Morgan fingerprint density at radius 3 is 2.56 bits per heavy atom. The molecule has 0 bridgehead atoms. The van der Waals surface area contributed by atoms with Crippen molar-refractivity contribution in [3.63, 3.8) is 0 Å². The van der Waals surface area contributed by atoms with Gasteiger partial charge in [0.2, 0.25) is 6.79 Å². The van der Waals surface area contributed by atoms with Gasteiger partial charge in [-0.25, -0.2) is 8.42 Å². The van der Waals surface area contributed by atoms with Gasteiger partial charge in [-0.1, -0.05) is 23.8 Å². The Kier molecular flexibility index (Phi) is 4.13. The Balaban J connectivity index is 1.78. The van der Waals surface area contributed by atoms with Gasteiger partial charge in [0, 0.05) is 13.0 Å². The number of benzene rings is 2. The molecule has 0 N–H and O–H groups in total. The van der Waals surface area contributed by atoms with Crippen LogP contribution in [0.5, 0.6) is 11.5 Å². The molecule has 4 rings (SSSR count). The molecule has 0 unspecified atom stereocenters. The Labute approximate surface area is 158 Å². The van der Waals surface area contributed by atoms with Gasteiger partial charge in [0.1, 0.15) is 5.41 Å². The van der Waals surface area contributed by atoms with Crippen molar-refractivity contribution in [2.75, 3.05) is 20.5 Å². The van der Waals surface area contributed by atoms with Crippen LogP contribution in [0.25, 0.3) is 0 Å². The summed E-state index contributed by atoms with van der Waals surface area (Å²) >= 11 is 0. The van der Waals surface area contributed by atoms with Crippen molar-refractivity contribution in [1.82, 2.24) is 0 Å². The van der Waals surface area contributed by atoms with Crippen LogP contribution in [0, 0.1) is 23.7 Å². The number of fused-ring (bicyclic) bond motifs is 1. The smallest absolute Gasteiger partial charge is 0.231 e. The molecule has 0 amide bonds. The molecule has 0 saturated heterocycles. The molecule has 1 saturated carbocycles. The first-order valence-electron chi connectivity index (χ1n) is 8.54. The van der Waals surface area contributed by atoms with Gasteiger partial charge >= 0.3 is 0 Å². The lowest BCUT2D eigenvalue weighted by atomic mass is 10.0. The van der Waals surface area contributed by atoms with Crippen molar-refractivity contribution in [3.05, 3.63) is 53.6 Å². The molecule has 1 aliphatic carbocycles. The van der Waals surface area contributed by atoms with E-state index in [9.17, 15) is 13.7 Å². The van der Waals surface area contributed by atoms with E-state index in [1.165, 1.54) is 7.11 Å². The third kappa shape index (κ3) is 2.68. The quantitative estimate of drug-likeness (QED) is 0.787. The zero-order valence-corrected chi connectivity index (χ0v) is 15.8. The monoisotopic (exact) mass is 385 g/mol.